The molecular formula is C27H41N3O5. The first-order valence-electron chi connectivity index (χ1n) is 13.7. The summed E-state index contributed by atoms with van der Waals surface area (Å²) in [6.07, 6.45) is 13.8. The van der Waals surface area contributed by atoms with Crippen LogP contribution >= 0.6 is 0 Å². The van der Waals surface area contributed by atoms with E-state index in [1.807, 2.05) is 11.0 Å². The first-order chi connectivity index (χ1) is 17.0. The van der Waals surface area contributed by atoms with E-state index >= 15 is 0 Å². The van der Waals surface area contributed by atoms with E-state index in [1.54, 1.807) is 11.8 Å². The summed E-state index contributed by atoms with van der Waals surface area (Å²) in [7, 11) is 0. The smallest absolute Gasteiger partial charge is 0.332 e. The molecule has 3 amide bonds. The Balaban J connectivity index is 1.51. The summed E-state index contributed by atoms with van der Waals surface area (Å²) >= 11 is 0. The molecular weight excluding hydrogens is 446 g/mol. The number of nitrogens with zero attached hydrogens (tertiary/aromatic N) is 2. The molecule has 2 saturated heterocycles. The van der Waals surface area contributed by atoms with E-state index in [1.165, 1.54) is 0 Å². The van der Waals surface area contributed by atoms with Crippen molar-refractivity contribution in [1.29, 1.82) is 0 Å². The molecule has 3 fully saturated rings. The second-order valence-electron chi connectivity index (χ2n) is 10.6. The molecule has 2 unspecified atom stereocenters. The molecule has 0 radical (unpaired) electrons. The number of piperidine rings is 1. The minimum absolute atomic E-state index is 0.0613. The largest absolute Gasteiger partial charge is 0.464 e. The molecule has 8 nitrogen and oxygen atoms in total. The number of carbonyl (C=O) groups excluding carboxylic acids is 4. The average Bonchev–Trinajstić information content (AvgIpc) is 3.32. The quantitative estimate of drug-likeness (QED) is 0.486. The van der Waals surface area contributed by atoms with Crippen molar-refractivity contribution in [3.63, 3.8) is 0 Å². The van der Waals surface area contributed by atoms with Gasteiger partial charge in [0.2, 0.25) is 17.7 Å². The lowest BCUT2D eigenvalue weighted by atomic mass is 9.94. The second-order valence-corrected chi connectivity index (χ2v) is 10.6. The van der Waals surface area contributed by atoms with E-state index in [4.69, 9.17) is 4.74 Å². The normalized spacial score (nSPS) is 33.0. The van der Waals surface area contributed by atoms with Crippen molar-refractivity contribution in [2.75, 3.05) is 26.2 Å². The Bertz CT molecular complexity index is 837. The number of allylic oxidation sites excluding steroid dienone is 1. The van der Waals surface area contributed by atoms with E-state index in [0.717, 1.165) is 64.5 Å². The summed E-state index contributed by atoms with van der Waals surface area (Å²) in [5.41, 5.74) is -1.02. The van der Waals surface area contributed by atoms with Gasteiger partial charge in [-0.1, -0.05) is 25.0 Å². The molecule has 1 N–H and O–H groups in total. The predicted octanol–water partition coefficient (Wildman–Crippen LogP) is 2.95. The summed E-state index contributed by atoms with van der Waals surface area (Å²) in [5.74, 6) is -1.17. The van der Waals surface area contributed by atoms with Crippen molar-refractivity contribution in [1.82, 2.24) is 15.1 Å². The number of esters is 1. The van der Waals surface area contributed by atoms with Gasteiger partial charge in [-0.3, -0.25) is 14.4 Å². The Kier molecular flexibility index (Phi) is 8.50. The SMILES string of the molecule is CCOC(=O)C12CC1/C=C\CCCCC[C@@H](CC(=O)N1CCCCC1)C(=O)N1CCC[C@H]1C(=O)N2. The van der Waals surface area contributed by atoms with Crippen LogP contribution in [0.1, 0.15) is 84.0 Å². The number of amides is 3. The second kappa shape index (κ2) is 11.6. The number of carbonyl (C=O) groups is 4. The molecule has 35 heavy (non-hydrogen) atoms. The third-order valence-corrected chi connectivity index (χ3v) is 8.11. The van der Waals surface area contributed by atoms with Crippen LogP contribution in [0.15, 0.2) is 12.2 Å². The summed E-state index contributed by atoms with van der Waals surface area (Å²) in [5, 5.41) is 2.99. The van der Waals surface area contributed by atoms with Gasteiger partial charge in [0.15, 0.2) is 0 Å². The van der Waals surface area contributed by atoms with Crippen molar-refractivity contribution in [2.24, 2.45) is 11.8 Å². The molecule has 0 spiro atoms. The Morgan fingerprint density at radius 1 is 1.03 bits per heavy atom. The van der Waals surface area contributed by atoms with Gasteiger partial charge < -0.3 is 19.9 Å². The lowest BCUT2D eigenvalue weighted by Gasteiger charge is -2.31. The highest BCUT2D eigenvalue weighted by Gasteiger charge is 2.62. The number of ether oxygens (including phenoxy) is 1. The fourth-order valence-corrected chi connectivity index (χ4v) is 5.94. The van der Waals surface area contributed by atoms with Crippen LogP contribution in [-0.2, 0) is 23.9 Å². The first kappa shape index (κ1) is 25.7. The molecule has 3 aliphatic heterocycles. The van der Waals surface area contributed by atoms with E-state index in [0.29, 0.717) is 25.8 Å². The standard InChI is InChI=1S/C27H41N3O5/c1-2-35-26(34)27-19-21(27)13-8-5-3-4-7-12-20(18-23(31)29-15-9-6-10-16-29)25(33)30-17-11-14-22(30)24(32)28-27/h8,13,20-22H,2-7,9-12,14-19H2,1H3,(H,28,32)/b13-8-/t20-,21?,22-,27?/m0/s1. The molecule has 0 aromatic carbocycles. The maximum atomic E-state index is 13.7. The summed E-state index contributed by atoms with van der Waals surface area (Å²) in [4.78, 5) is 56.5. The zero-order valence-corrected chi connectivity index (χ0v) is 21.1. The maximum Gasteiger partial charge on any atom is 0.332 e. The fourth-order valence-electron chi connectivity index (χ4n) is 5.94. The van der Waals surface area contributed by atoms with E-state index in [2.05, 4.69) is 11.4 Å². The topological polar surface area (TPSA) is 96.0 Å². The highest BCUT2D eigenvalue weighted by atomic mass is 16.5. The average molecular weight is 488 g/mol. The molecule has 8 heteroatoms. The lowest BCUT2D eigenvalue weighted by molar-refractivity contribution is -0.150. The molecule has 4 aliphatic rings. The highest BCUT2D eigenvalue weighted by Crippen LogP contribution is 2.46. The number of hydrogen-bond acceptors (Lipinski definition) is 5. The van der Waals surface area contributed by atoms with Crippen molar-refractivity contribution < 1.29 is 23.9 Å². The van der Waals surface area contributed by atoms with Crippen LogP contribution in [0.3, 0.4) is 0 Å². The van der Waals surface area contributed by atoms with Gasteiger partial charge in [0.1, 0.15) is 11.6 Å². The molecule has 3 heterocycles. The minimum Gasteiger partial charge on any atom is -0.464 e. The van der Waals surface area contributed by atoms with Gasteiger partial charge in [-0.25, -0.2) is 4.79 Å². The van der Waals surface area contributed by atoms with Crippen LogP contribution in [-0.4, -0.2) is 71.3 Å². The number of nitrogens with one attached hydrogen (secondary N) is 1. The predicted molar refractivity (Wildman–Crippen MR) is 131 cm³/mol. The summed E-state index contributed by atoms with van der Waals surface area (Å²) in [6, 6.07) is -0.600. The van der Waals surface area contributed by atoms with Crippen LogP contribution in [0.25, 0.3) is 0 Å². The van der Waals surface area contributed by atoms with Crippen LogP contribution in [0.2, 0.25) is 0 Å². The molecule has 1 saturated carbocycles. The van der Waals surface area contributed by atoms with Crippen LogP contribution in [0, 0.1) is 11.8 Å². The zero-order chi connectivity index (χ0) is 24.8. The number of hydrogen-bond donors (Lipinski definition) is 1. The Hall–Kier alpha value is -2.38. The van der Waals surface area contributed by atoms with E-state index in [-0.39, 0.29) is 36.7 Å². The number of likely N-dealkylation sites (tertiary alicyclic amines) is 1. The van der Waals surface area contributed by atoms with Gasteiger partial charge in [0, 0.05) is 37.9 Å². The van der Waals surface area contributed by atoms with Gasteiger partial charge in [0.25, 0.3) is 0 Å². The van der Waals surface area contributed by atoms with Gasteiger partial charge in [-0.2, -0.15) is 0 Å². The monoisotopic (exact) mass is 487 g/mol. The Labute approximate surface area is 208 Å². The van der Waals surface area contributed by atoms with Crippen molar-refractivity contribution >= 4 is 23.7 Å². The third-order valence-electron chi connectivity index (χ3n) is 8.11. The maximum absolute atomic E-state index is 13.7. The Morgan fingerprint density at radius 3 is 2.57 bits per heavy atom. The minimum atomic E-state index is -1.02. The van der Waals surface area contributed by atoms with Crippen molar-refractivity contribution in [3.05, 3.63) is 12.2 Å². The molecule has 194 valence electrons. The lowest BCUT2D eigenvalue weighted by Crippen LogP contribution is -2.54. The molecule has 4 atom stereocenters. The van der Waals surface area contributed by atoms with E-state index in [9.17, 15) is 19.2 Å². The molecule has 4 rings (SSSR count). The van der Waals surface area contributed by atoms with E-state index < -0.39 is 23.5 Å². The van der Waals surface area contributed by atoms with Gasteiger partial charge in [-0.15, -0.1) is 0 Å². The van der Waals surface area contributed by atoms with Crippen LogP contribution in [0.5, 0.6) is 0 Å². The van der Waals surface area contributed by atoms with Gasteiger partial charge >= 0.3 is 5.97 Å². The van der Waals surface area contributed by atoms with Gasteiger partial charge in [0.05, 0.1) is 6.61 Å². The molecule has 0 bridgehead atoms. The highest BCUT2D eigenvalue weighted by molar-refractivity contribution is 5.96. The van der Waals surface area contributed by atoms with Crippen molar-refractivity contribution in [3.8, 4) is 0 Å². The summed E-state index contributed by atoms with van der Waals surface area (Å²) in [6.45, 7) is 4.09. The van der Waals surface area contributed by atoms with Crippen molar-refractivity contribution in [2.45, 2.75) is 95.6 Å². The third kappa shape index (κ3) is 5.89. The Morgan fingerprint density at radius 2 is 1.80 bits per heavy atom. The summed E-state index contributed by atoms with van der Waals surface area (Å²) < 4.78 is 5.30. The fraction of sp³-hybridized carbons (Fsp3) is 0.778. The number of rotatable bonds is 4. The van der Waals surface area contributed by atoms with Crippen LogP contribution in [0.4, 0.5) is 0 Å². The zero-order valence-electron chi connectivity index (χ0n) is 21.1. The number of fused-ring (bicyclic) bond motifs is 2. The van der Waals surface area contributed by atoms with Gasteiger partial charge in [-0.05, 0) is 64.7 Å². The molecule has 1 aliphatic carbocycles. The molecule has 0 aromatic rings. The first-order valence-corrected chi connectivity index (χ1v) is 13.7. The molecule has 0 aromatic heterocycles. The van der Waals surface area contributed by atoms with Crippen LogP contribution < -0.4 is 5.32 Å².